The summed E-state index contributed by atoms with van der Waals surface area (Å²) in [4.78, 5) is 16.4. The Morgan fingerprint density at radius 1 is 1.41 bits per heavy atom. The van der Waals surface area contributed by atoms with Gasteiger partial charge in [0.15, 0.2) is 5.82 Å². The third kappa shape index (κ3) is 3.15. The van der Waals surface area contributed by atoms with Gasteiger partial charge in [0.05, 0.1) is 6.10 Å². The number of H-pyrrole nitrogens is 1. The Bertz CT molecular complexity index is 652. The summed E-state index contributed by atoms with van der Waals surface area (Å²) in [5.41, 5.74) is 7.17. The highest BCUT2D eigenvalue weighted by Crippen LogP contribution is 2.22. The first-order chi connectivity index (χ1) is 10.7. The summed E-state index contributed by atoms with van der Waals surface area (Å²) < 4.78 is 5.58. The lowest BCUT2D eigenvalue weighted by Gasteiger charge is -2.12. The molecular weight excluding hydrogens is 282 g/mol. The molecule has 3 rings (SSSR count). The van der Waals surface area contributed by atoms with Crippen molar-refractivity contribution >= 4 is 11.6 Å². The van der Waals surface area contributed by atoms with E-state index in [0.717, 1.165) is 23.5 Å². The van der Waals surface area contributed by atoms with Crippen LogP contribution in [-0.4, -0.2) is 39.8 Å². The molecule has 0 radical (unpaired) electrons. The van der Waals surface area contributed by atoms with Crippen LogP contribution in [0.3, 0.4) is 0 Å². The molecule has 2 atom stereocenters. The molecular formula is C15H19N5O2. The topological polar surface area (TPSA) is 106 Å². The minimum absolute atomic E-state index is 0.00731. The highest BCUT2D eigenvalue weighted by Gasteiger charge is 2.29. The smallest absolute Gasteiger partial charge is 0.253 e. The van der Waals surface area contributed by atoms with Crippen molar-refractivity contribution in [1.82, 2.24) is 15.2 Å². The van der Waals surface area contributed by atoms with Crippen molar-refractivity contribution in [2.24, 2.45) is 5.73 Å². The van der Waals surface area contributed by atoms with Gasteiger partial charge < -0.3 is 15.8 Å². The number of hydrogen-bond donors (Lipinski definition) is 3. The van der Waals surface area contributed by atoms with E-state index in [1.807, 2.05) is 31.2 Å². The van der Waals surface area contributed by atoms with Crippen LogP contribution < -0.4 is 11.1 Å². The molecule has 0 saturated carbocycles. The number of aryl methyl sites for hydroxylation is 1. The first-order valence-electron chi connectivity index (χ1n) is 7.31. The highest BCUT2D eigenvalue weighted by molar-refractivity contribution is 5.94. The third-order valence-electron chi connectivity index (χ3n) is 3.67. The maximum absolute atomic E-state index is 12.1. The van der Waals surface area contributed by atoms with Crippen LogP contribution in [0, 0.1) is 6.92 Å². The average molecular weight is 301 g/mol. The fourth-order valence-electron chi connectivity index (χ4n) is 2.47. The molecule has 1 saturated heterocycles. The van der Waals surface area contributed by atoms with E-state index in [9.17, 15) is 4.79 Å². The van der Waals surface area contributed by atoms with Crippen LogP contribution in [0.4, 0.5) is 5.69 Å². The molecule has 1 aromatic carbocycles. The summed E-state index contributed by atoms with van der Waals surface area (Å²) in [7, 11) is 0. The Kier molecular flexibility index (Phi) is 4.17. The fourth-order valence-corrected chi connectivity index (χ4v) is 2.47. The predicted molar refractivity (Wildman–Crippen MR) is 82.1 cm³/mol. The molecule has 116 valence electrons. The van der Waals surface area contributed by atoms with Crippen LogP contribution in [0.15, 0.2) is 24.3 Å². The van der Waals surface area contributed by atoms with E-state index in [-0.39, 0.29) is 12.0 Å². The van der Waals surface area contributed by atoms with Crippen LogP contribution in [0.5, 0.6) is 0 Å². The summed E-state index contributed by atoms with van der Waals surface area (Å²) in [6.07, 6.45) is 1.12. The van der Waals surface area contributed by atoms with Crippen LogP contribution >= 0.6 is 0 Å². The van der Waals surface area contributed by atoms with Crippen molar-refractivity contribution in [2.75, 3.05) is 11.9 Å². The second kappa shape index (κ2) is 6.25. The number of hydrogen-bond acceptors (Lipinski definition) is 5. The molecule has 1 aliphatic rings. The Morgan fingerprint density at radius 3 is 2.77 bits per heavy atom. The lowest BCUT2D eigenvalue weighted by molar-refractivity contribution is -0.126. The van der Waals surface area contributed by atoms with Gasteiger partial charge in [0.1, 0.15) is 11.9 Å². The van der Waals surface area contributed by atoms with Gasteiger partial charge in [-0.05, 0) is 44.0 Å². The molecule has 1 amide bonds. The number of benzene rings is 1. The minimum Gasteiger partial charge on any atom is -0.364 e. The van der Waals surface area contributed by atoms with Crippen molar-refractivity contribution in [1.29, 1.82) is 0 Å². The number of anilines is 1. The van der Waals surface area contributed by atoms with Gasteiger partial charge in [-0.1, -0.05) is 0 Å². The lowest BCUT2D eigenvalue weighted by atomic mass is 10.1. The molecule has 0 bridgehead atoms. The number of aromatic amines is 1. The van der Waals surface area contributed by atoms with E-state index in [2.05, 4.69) is 20.5 Å². The van der Waals surface area contributed by atoms with E-state index in [0.29, 0.717) is 18.8 Å². The first kappa shape index (κ1) is 14.7. The Balaban J connectivity index is 1.62. The monoisotopic (exact) mass is 301 g/mol. The van der Waals surface area contributed by atoms with Crippen molar-refractivity contribution in [3.8, 4) is 11.4 Å². The highest BCUT2D eigenvalue weighted by atomic mass is 16.5. The molecule has 4 N–H and O–H groups in total. The van der Waals surface area contributed by atoms with Gasteiger partial charge in [-0.2, -0.15) is 5.10 Å². The molecule has 0 spiro atoms. The zero-order valence-corrected chi connectivity index (χ0v) is 12.4. The molecule has 1 aromatic heterocycles. The maximum atomic E-state index is 12.1. The van der Waals surface area contributed by atoms with Crippen LogP contribution in [0.1, 0.15) is 18.7 Å². The standard InChI is InChI=1S/C15H19N5O2/c1-9-17-14(20-19-9)10-2-4-11(5-3-10)18-15(21)13-7-6-12(8-16)22-13/h2-5,12-13H,6-8,16H2,1H3,(H,18,21)(H,17,19,20)/t12-,13+/m1/s1. The van der Waals surface area contributed by atoms with E-state index in [1.165, 1.54) is 0 Å². The van der Waals surface area contributed by atoms with Crippen molar-refractivity contribution in [3.63, 3.8) is 0 Å². The molecule has 0 unspecified atom stereocenters. The average Bonchev–Trinajstić information content (AvgIpc) is 3.17. The number of nitrogens with two attached hydrogens (primary N) is 1. The number of aromatic nitrogens is 3. The van der Waals surface area contributed by atoms with Gasteiger partial charge in [0.2, 0.25) is 0 Å². The number of carbonyl (C=O) groups excluding carboxylic acids is 1. The van der Waals surface area contributed by atoms with Crippen molar-refractivity contribution in [3.05, 3.63) is 30.1 Å². The Hall–Kier alpha value is -2.25. The largest absolute Gasteiger partial charge is 0.364 e. The molecule has 7 nitrogen and oxygen atoms in total. The van der Waals surface area contributed by atoms with Gasteiger partial charge in [-0.25, -0.2) is 4.98 Å². The summed E-state index contributed by atoms with van der Waals surface area (Å²) in [5, 5.41) is 9.76. The van der Waals surface area contributed by atoms with Crippen molar-refractivity contribution < 1.29 is 9.53 Å². The lowest BCUT2D eigenvalue weighted by Crippen LogP contribution is -2.29. The van der Waals surface area contributed by atoms with E-state index < -0.39 is 6.10 Å². The number of nitrogens with one attached hydrogen (secondary N) is 2. The van der Waals surface area contributed by atoms with E-state index in [1.54, 1.807) is 0 Å². The van der Waals surface area contributed by atoms with Gasteiger partial charge in [0, 0.05) is 17.8 Å². The van der Waals surface area contributed by atoms with Gasteiger partial charge in [-0.3, -0.25) is 9.89 Å². The van der Waals surface area contributed by atoms with Crippen molar-refractivity contribution in [2.45, 2.75) is 32.0 Å². The van der Waals surface area contributed by atoms with Crippen LogP contribution in [0.25, 0.3) is 11.4 Å². The first-order valence-corrected chi connectivity index (χ1v) is 7.31. The van der Waals surface area contributed by atoms with Crippen LogP contribution in [0.2, 0.25) is 0 Å². The second-order valence-corrected chi connectivity index (χ2v) is 5.37. The molecule has 2 heterocycles. The number of ether oxygens (including phenoxy) is 1. The molecule has 1 aliphatic heterocycles. The summed E-state index contributed by atoms with van der Waals surface area (Å²) >= 11 is 0. The minimum atomic E-state index is -0.413. The molecule has 0 aliphatic carbocycles. The zero-order chi connectivity index (χ0) is 15.5. The number of amides is 1. The fraction of sp³-hybridized carbons (Fsp3) is 0.400. The van der Waals surface area contributed by atoms with Gasteiger partial charge >= 0.3 is 0 Å². The van der Waals surface area contributed by atoms with E-state index in [4.69, 9.17) is 10.5 Å². The normalized spacial score (nSPS) is 21.0. The molecule has 2 aromatic rings. The van der Waals surface area contributed by atoms with E-state index >= 15 is 0 Å². The number of carbonyl (C=O) groups is 1. The molecule has 1 fully saturated rings. The SMILES string of the molecule is Cc1nc(-c2ccc(NC(=O)[C@@H]3CC[C@H](CN)O3)cc2)n[nH]1. The quantitative estimate of drug-likeness (QED) is 0.787. The Labute approximate surface area is 128 Å². The van der Waals surface area contributed by atoms with Crippen LogP contribution in [-0.2, 0) is 9.53 Å². The number of nitrogens with zero attached hydrogens (tertiary/aromatic N) is 2. The Morgan fingerprint density at radius 2 is 2.18 bits per heavy atom. The predicted octanol–water partition coefficient (Wildman–Crippen LogP) is 1.22. The molecule has 22 heavy (non-hydrogen) atoms. The van der Waals surface area contributed by atoms with Gasteiger partial charge in [-0.15, -0.1) is 0 Å². The second-order valence-electron chi connectivity index (χ2n) is 5.37. The number of rotatable bonds is 4. The zero-order valence-electron chi connectivity index (χ0n) is 12.4. The summed E-state index contributed by atoms with van der Waals surface area (Å²) in [6.45, 7) is 2.30. The third-order valence-corrected chi connectivity index (χ3v) is 3.67. The maximum Gasteiger partial charge on any atom is 0.253 e. The molecule has 7 heteroatoms. The summed E-state index contributed by atoms with van der Waals surface area (Å²) in [6, 6.07) is 7.40. The van der Waals surface area contributed by atoms with Gasteiger partial charge in [0.25, 0.3) is 5.91 Å². The summed E-state index contributed by atoms with van der Waals surface area (Å²) in [5.74, 6) is 1.28.